The Morgan fingerprint density at radius 2 is 1.92 bits per heavy atom. The van der Waals surface area contributed by atoms with Crippen LogP contribution in [-0.2, 0) is 9.53 Å². The van der Waals surface area contributed by atoms with Crippen LogP contribution >= 0.6 is 11.3 Å². The molecule has 0 radical (unpaired) electrons. The first-order chi connectivity index (χ1) is 17.3. The number of nitrogens with zero attached hydrogens (tertiary/aromatic N) is 3. The molecule has 11 heteroatoms. The van der Waals surface area contributed by atoms with E-state index in [9.17, 15) is 19.7 Å². The fourth-order valence-corrected chi connectivity index (χ4v) is 5.08. The van der Waals surface area contributed by atoms with Crippen LogP contribution in [0.15, 0.2) is 63.5 Å². The average molecular weight is 510 g/mol. The highest BCUT2D eigenvalue weighted by Gasteiger charge is 2.34. The molecule has 1 aromatic heterocycles. The van der Waals surface area contributed by atoms with Crippen LogP contribution in [0.1, 0.15) is 31.0 Å². The number of thiazole rings is 1. The normalized spacial score (nSPS) is 15.2. The van der Waals surface area contributed by atoms with Crippen molar-refractivity contribution in [2.24, 2.45) is 4.99 Å². The Morgan fingerprint density at radius 3 is 2.58 bits per heavy atom. The Labute approximate surface area is 209 Å². The summed E-state index contributed by atoms with van der Waals surface area (Å²) in [5.41, 5.74) is 0.940. The Hall–Kier alpha value is -4.25. The quantitative estimate of drug-likeness (QED) is 0.273. The second-order valence-corrected chi connectivity index (χ2v) is 8.74. The number of nitro groups is 1. The van der Waals surface area contributed by atoms with Crippen molar-refractivity contribution < 1.29 is 23.9 Å². The van der Waals surface area contributed by atoms with E-state index in [1.54, 1.807) is 50.2 Å². The molecular formula is C25H23N3O7S. The molecule has 4 rings (SSSR count). The second kappa shape index (κ2) is 10.2. The van der Waals surface area contributed by atoms with Gasteiger partial charge in [-0.05, 0) is 43.7 Å². The van der Waals surface area contributed by atoms with E-state index >= 15 is 0 Å². The maximum Gasteiger partial charge on any atom is 0.338 e. The summed E-state index contributed by atoms with van der Waals surface area (Å²) in [6.07, 6.45) is 1.47. The predicted molar refractivity (Wildman–Crippen MR) is 133 cm³/mol. The number of nitro benzene ring substituents is 1. The predicted octanol–water partition coefficient (Wildman–Crippen LogP) is 2.72. The molecule has 0 spiro atoms. The number of rotatable bonds is 7. The van der Waals surface area contributed by atoms with Gasteiger partial charge < -0.3 is 14.2 Å². The van der Waals surface area contributed by atoms with E-state index in [0.717, 1.165) is 11.3 Å². The molecule has 0 N–H and O–H groups in total. The second-order valence-electron chi connectivity index (χ2n) is 7.73. The Kier molecular flexibility index (Phi) is 7.02. The van der Waals surface area contributed by atoms with Gasteiger partial charge in [0.05, 0.1) is 53.2 Å². The molecule has 186 valence electrons. The number of allylic oxidation sites excluding steroid dienone is 1. The van der Waals surface area contributed by atoms with Crippen LogP contribution in [-0.4, -0.2) is 36.3 Å². The first-order valence-electron chi connectivity index (χ1n) is 11.0. The molecule has 3 aromatic rings. The van der Waals surface area contributed by atoms with Gasteiger partial charge >= 0.3 is 5.97 Å². The fourth-order valence-electron chi connectivity index (χ4n) is 4.05. The number of hydrogen-bond acceptors (Lipinski definition) is 9. The number of para-hydroxylation sites is 1. The smallest absolute Gasteiger partial charge is 0.338 e. The van der Waals surface area contributed by atoms with Crippen molar-refractivity contribution >= 4 is 29.1 Å². The maximum atomic E-state index is 13.7. The number of benzene rings is 2. The first kappa shape index (κ1) is 24.9. The van der Waals surface area contributed by atoms with Gasteiger partial charge in [0.15, 0.2) is 16.3 Å². The van der Waals surface area contributed by atoms with Gasteiger partial charge in [0, 0.05) is 6.07 Å². The fraction of sp³-hybridized carbons (Fsp3) is 0.240. The topological polar surface area (TPSA) is 122 Å². The van der Waals surface area contributed by atoms with E-state index in [0.29, 0.717) is 27.6 Å². The van der Waals surface area contributed by atoms with Gasteiger partial charge in [-0.25, -0.2) is 9.79 Å². The van der Waals surface area contributed by atoms with Crippen LogP contribution in [0.4, 0.5) is 5.69 Å². The number of hydrogen-bond donors (Lipinski definition) is 0. The first-order valence-corrected chi connectivity index (χ1v) is 11.8. The molecule has 0 amide bonds. The van der Waals surface area contributed by atoms with Gasteiger partial charge in [-0.3, -0.25) is 19.5 Å². The minimum atomic E-state index is -0.854. The lowest BCUT2D eigenvalue weighted by molar-refractivity contribution is -0.385. The zero-order chi connectivity index (χ0) is 26.0. The third kappa shape index (κ3) is 4.40. The number of esters is 1. The number of methoxy groups -OCH3 is 2. The van der Waals surface area contributed by atoms with Crippen LogP contribution in [0.3, 0.4) is 0 Å². The van der Waals surface area contributed by atoms with Crippen LogP contribution in [0, 0.1) is 10.1 Å². The summed E-state index contributed by atoms with van der Waals surface area (Å²) in [6, 6.07) is 10.4. The number of carbonyl (C=O) groups excluding carboxylic acids is 1. The standard InChI is InChI=1S/C25H23N3O7S/c1-5-35-24(30)21-14(2)26-25-27(22(21)16-10-11-18(33-3)19(12-16)34-4)23(29)20(36-25)13-15-8-6-7-9-17(15)28(31)32/h6-13,22H,5H2,1-4H3/b20-13+/t22-/m1/s1. The van der Waals surface area contributed by atoms with Crippen molar-refractivity contribution in [3.63, 3.8) is 0 Å². The molecule has 0 bridgehead atoms. The summed E-state index contributed by atoms with van der Waals surface area (Å²) >= 11 is 1.09. The minimum Gasteiger partial charge on any atom is -0.493 e. The molecule has 0 saturated carbocycles. The molecule has 10 nitrogen and oxygen atoms in total. The molecule has 1 aliphatic rings. The van der Waals surface area contributed by atoms with E-state index < -0.39 is 22.5 Å². The van der Waals surface area contributed by atoms with Crippen molar-refractivity contribution in [3.05, 3.63) is 94.7 Å². The number of fused-ring (bicyclic) bond motifs is 1. The maximum absolute atomic E-state index is 13.7. The van der Waals surface area contributed by atoms with Crippen molar-refractivity contribution in [2.45, 2.75) is 19.9 Å². The van der Waals surface area contributed by atoms with Crippen LogP contribution in [0.25, 0.3) is 6.08 Å². The van der Waals surface area contributed by atoms with Gasteiger partial charge in [-0.1, -0.05) is 29.5 Å². The van der Waals surface area contributed by atoms with E-state index in [4.69, 9.17) is 14.2 Å². The molecule has 2 aromatic carbocycles. The summed E-state index contributed by atoms with van der Waals surface area (Å²) < 4.78 is 17.7. The Bertz CT molecular complexity index is 1570. The molecule has 1 aliphatic heterocycles. The lowest BCUT2D eigenvalue weighted by Crippen LogP contribution is -2.40. The van der Waals surface area contributed by atoms with E-state index in [1.165, 1.54) is 30.9 Å². The third-order valence-corrected chi connectivity index (χ3v) is 6.64. The highest BCUT2D eigenvalue weighted by Crippen LogP contribution is 2.36. The minimum absolute atomic E-state index is 0.122. The lowest BCUT2D eigenvalue weighted by Gasteiger charge is -2.25. The van der Waals surface area contributed by atoms with Crippen molar-refractivity contribution in [1.82, 2.24) is 4.57 Å². The van der Waals surface area contributed by atoms with E-state index in [1.807, 2.05) is 0 Å². The number of aromatic nitrogens is 1. The molecule has 0 fully saturated rings. The summed E-state index contributed by atoms with van der Waals surface area (Å²) in [5.74, 6) is 0.324. The van der Waals surface area contributed by atoms with Gasteiger partial charge in [0.2, 0.25) is 0 Å². The molecular weight excluding hydrogens is 486 g/mol. The summed E-state index contributed by atoms with van der Waals surface area (Å²) in [6.45, 7) is 3.52. The monoisotopic (exact) mass is 509 g/mol. The number of ether oxygens (including phenoxy) is 3. The van der Waals surface area contributed by atoms with Crippen molar-refractivity contribution in [3.8, 4) is 11.5 Å². The zero-order valence-electron chi connectivity index (χ0n) is 20.0. The van der Waals surface area contributed by atoms with E-state index in [-0.39, 0.29) is 28.0 Å². The number of carbonyl (C=O) groups is 1. The molecule has 2 heterocycles. The Morgan fingerprint density at radius 1 is 1.19 bits per heavy atom. The molecule has 1 atom stereocenters. The zero-order valence-corrected chi connectivity index (χ0v) is 20.8. The summed E-state index contributed by atoms with van der Waals surface area (Å²) in [7, 11) is 3.00. The van der Waals surface area contributed by atoms with Gasteiger partial charge in [-0.15, -0.1) is 0 Å². The van der Waals surface area contributed by atoms with Gasteiger partial charge in [0.25, 0.3) is 11.2 Å². The van der Waals surface area contributed by atoms with Gasteiger partial charge in [0.1, 0.15) is 0 Å². The van der Waals surface area contributed by atoms with Crippen molar-refractivity contribution in [1.29, 1.82) is 0 Å². The molecule has 36 heavy (non-hydrogen) atoms. The lowest BCUT2D eigenvalue weighted by atomic mass is 9.95. The largest absolute Gasteiger partial charge is 0.493 e. The van der Waals surface area contributed by atoms with E-state index in [2.05, 4.69) is 4.99 Å². The Balaban J connectivity index is 1.99. The molecule has 0 unspecified atom stereocenters. The van der Waals surface area contributed by atoms with Crippen LogP contribution < -0.4 is 24.4 Å². The molecule has 0 saturated heterocycles. The highest BCUT2D eigenvalue weighted by atomic mass is 32.1. The van der Waals surface area contributed by atoms with Crippen LogP contribution in [0.5, 0.6) is 11.5 Å². The highest BCUT2D eigenvalue weighted by molar-refractivity contribution is 7.07. The molecule has 0 aliphatic carbocycles. The summed E-state index contributed by atoms with van der Waals surface area (Å²) in [4.78, 5) is 42.5. The van der Waals surface area contributed by atoms with Gasteiger partial charge in [-0.2, -0.15) is 0 Å². The average Bonchev–Trinajstić information content (AvgIpc) is 3.17. The third-order valence-electron chi connectivity index (χ3n) is 5.66. The van der Waals surface area contributed by atoms with Crippen molar-refractivity contribution in [2.75, 3.05) is 20.8 Å². The SMILES string of the molecule is CCOC(=O)C1=C(C)N=c2s/c(=C/c3ccccc3[N+](=O)[O-])c(=O)n2[C@@H]1c1ccc(OC)c(OC)c1. The van der Waals surface area contributed by atoms with Crippen LogP contribution in [0.2, 0.25) is 0 Å². The summed E-state index contributed by atoms with van der Waals surface area (Å²) in [5, 5.41) is 11.5.